The Morgan fingerprint density at radius 3 is 2.81 bits per heavy atom. The molecule has 0 aliphatic heterocycles. The number of para-hydroxylation sites is 2. The molecule has 1 atom stereocenters. The lowest BCUT2D eigenvalue weighted by atomic mass is 10.2. The quantitative estimate of drug-likeness (QED) is 0.533. The second kappa shape index (κ2) is 7.26. The number of carbonyl (C=O) groups is 1. The fourth-order valence-corrected chi connectivity index (χ4v) is 3.44. The van der Waals surface area contributed by atoms with E-state index in [-0.39, 0.29) is 13.1 Å². The van der Waals surface area contributed by atoms with Crippen LogP contribution in [0.15, 0.2) is 67.5 Å². The van der Waals surface area contributed by atoms with E-state index < -0.39 is 17.8 Å². The third-order valence-corrected chi connectivity index (χ3v) is 4.97. The number of aromatic nitrogens is 1. The van der Waals surface area contributed by atoms with Gasteiger partial charge in [0.2, 0.25) is 5.91 Å². The monoisotopic (exact) mass is 384 g/mol. The maximum absolute atomic E-state index is 12.2. The van der Waals surface area contributed by atoms with Crippen LogP contribution in [0.4, 0.5) is 0 Å². The predicted molar refractivity (Wildman–Crippen MR) is 100 cm³/mol. The number of furan rings is 1. The maximum atomic E-state index is 12.2. The van der Waals surface area contributed by atoms with Crippen LogP contribution in [0.25, 0.3) is 21.7 Å². The Morgan fingerprint density at radius 2 is 2.00 bits per heavy atom. The highest BCUT2D eigenvalue weighted by Crippen LogP contribution is 2.28. The van der Waals surface area contributed by atoms with Gasteiger partial charge in [0.05, 0.1) is 16.9 Å². The number of nitrogens with one attached hydrogen (secondary N) is 1. The smallest absolute Gasteiger partial charge is 0.420 e. The Bertz CT molecular complexity index is 1120. The van der Waals surface area contributed by atoms with Gasteiger partial charge in [0.1, 0.15) is 24.2 Å². The molecule has 1 aromatic carbocycles. The molecule has 0 saturated carbocycles. The van der Waals surface area contributed by atoms with Gasteiger partial charge in [0, 0.05) is 0 Å². The Balaban J connectivity index is 1.39. The van der Waals surface area contributed by atoms with Crippen LogP contribution in [-0.2, 0) is 11.3 Å². The molecule has 4 rings (SSSR count). The van der Waals surface area contributed by atoms with E-state index in [4.69, 9.17) is 8.83 Å². The molecule has 0 fully saturated rings. The second-order valence-electron chi connectivity index (χ2n) is 5.92. The number of thiophene rings is 1. The number of hydrogen-bond donors (Lipinski definition) is 2. The lowest BCUT2D eigenvalue weighted by Gasteiger charge is -2.10. The summed E-state index contributed by atoms with van der Waals surface area (Å²) < 4.78 is 12.0. The van der Waals surface area contributed by atoms with E-state index >= 15 is 0 Å². The molecule has 3 heterocycles. The highest BCUT2D eigenvalue weighted by molar-refractivity contribution is 7.13. The molecule has 8 heteroatoms. The zero-order valence-corrected chi connectivity index (χ0v) is 14.9. The highest BCUT2D eigenvalue weighted by atomic mass is 32.1. The maximum Gasteiger partial charge on any atom is 0.420 e. The number of rotatable bonds is 6. The van der Waals surface area contributed by atoms with E-state index in [1.807, 2.05) is 17.5 Å². The van der Waals surface area contributed by atoms with Crippen molar-refractivity contribution in [3.05, 3.63) is 70.2 Å². The average molecular weight is 384 g/mol. The summed E-state index contributed by atoms with van der Waals surface area (Å²) in [5.41, 5.74) is 0.969. The minimum absolute atomic E-state index is 0.0270. The van der Waals surface area contributed by atoms with Gasteiger partial charge in [0.15, 0.2) is 5.58 Å². The first-order chi connectivity index (χ1) is 13.1. The summed E-state index contributed by atoms with van der Waals surface area (Å²) in [6.45, 7) is -0.220. The van der Waals surface area contributed by atoms with Crippen molar-refractivity contribution in [3.63, 3.8) is 0 Å². The van der Waals surface area contributed by atoms with Crippen molar-refractivity contribution in [2.75, 3.05) is 6.54 Å². The Morgan fingerprint density at radius 1 is 1.15 bits per heavy atom. The van der Waals surface area contributed by atoms with Gasteiger partial charge < -0.3 is 19.3 Å². The molecule has 0 bridgehead atoms. The lowest BCUT2D eigenvalue weighted by Crippen LogP contribution is -2.33. The highest BCUT2D eigenvalue weighted by Gasteiger charge is 2.16. The average Bonchev–Trinajstić information content (AvgIpc) is 3.40. The Labute approximate surface area is 157 Å². The minimum atomic E-state index is -0.986. The fraction of sp³-hybridized carbons (Fsp3) is 0.158. The van der Waals surface area contributed by atoms with Crippen LogP contribution in [0.2, 0.25) is 0 Å². The third-order valence-electron chi connectivity index (χ3n) is 4.09. The van der Waals surface area contributed by atoms with Crippen LogP contribution in [0, 0.1) is 0 Å². The molecule has 0 saturated heterocycles. The van der Waals surface area contributed by atoms with E-state index in [0.717, 1.165) is 4.88 Å². The van der Waals surface area contributed by atoms with Crippen LogP contribution in [0.1, 0.15) is 11.9 Å². The van der Waals surface area contributed by atoms with E-state index in [2.05, 4.69) is 5.32 Å². The van der Waals surface area contributed by atoms with Gasteiger partial charge in [-0.2, -0.15) is 0 Å². The minimum Gasteiger partial charge on any atom is -0.457 e. The van der Waals surface area contributed by atoms with Crippen LogP contribution in [-0.4, -0.2) is 22.1 Å². The molecule has 1 unspecified atom stereocenters. The topological polar surface area (TPSA) is 97.6 Å². The summed E-state index contributed by atoms with van der Waals surface area (Å²) in [7, 11) is 0. The normalized spacial score (nSPS) is 12.3. The summed E-state index contributed by atoms with van der Waals surface area (Å²) >= 11 is 1.54. The first-order valence-electron chi connectivity index (χ1n) is 8.28. The standard InChI is InChI=1S/C19H16N2O5S/c22-13(15-7-8-16(25-15)17-6-3-9-27-17)10-20-18(23)11-21-12-4-1-2-5-14(12)26-19(21)24/h1-9,13,22H,10-11H2,(H,20,23). The molecule has 4 aromatic rings. The summed E-state index contributed by atoms with van der Waals surface area (Å²) in [5.74, 6) is 0.0256. The molecule has 0 spiro atoms. The Kier molecular flexibility index (Phi) is 4.66. The van der Waals surface area contributed by atoms with Crippen molar-refractivity contribution in [1.82, 2.24) is 9.88 Å². The number of benzene rings is 1. The SMILES string of the molecule is O=C(Cn1c(=O)oc2ccccc21)NCC(O)c1ccc(-c2cccs2)o1. The number of aliphatic hydroxyl groups is 1. The van der Waals surface area contributed by atoms with Crippen molar-refractivity contribution in [2.45, 2.75) is 12.6 Å². The molecule has 7 nitrogen and oxygen atoms in total. The van der Waals surface area contributed by atoms with E-state index in [1.165, 1.54) is 15.9 Å². The zero-order chi connectivity index (χ0) is 18.8. The molecule has 138 valence electrons. The molecule has 0 aliphatic rings. The van der Waals surface area contributed by atoms with Gasteiger partial charge in [-0.05, 0) is 35.7 Å². The van der Waals surface area contributed by atoms with E-state index in [9.17, 15) is 14.7 Å². The number of oxazole rings is 1. The number of amides is 1. The number of nitrogens with zero attached hydrogens (tertiary/aromatic N) is 1. The molecular weight excluding hydrogens is 368 g/mol. The van der Waals surface area contributed by atoms with Crippen LogP contribution >= 0.6 is 11.3 Å². The molecule has 0 aliphatic carbocycles. The van der Waals surface area contributed by atoms with Crippen molar-refractivity contribution in [3.8, 4) is 10.6 Å². The van der Waals surface area contributed by atoms with Gasteiger partial charge >= 0.3 is 5.76 Å². The van der Waals surface area contributed by atoms with Gasteiger partial charge in [0.25, 0.3) is 0 Å². The molecular formula is C19H16N2O5S. The van der Waals surface area contributed by atoms with Crippen molar-refractivity contribution in [1.29, 1.82) is 0 Å². The van der Waals surface area contributed by atoms with E-state index in [1.54, 1.807) is 36.4 Å². The second-order valence-corrected chi connectivity index (χ2v) is 6.87. The number of aliphatic hydroxyl groups excluding tert-OH is 1. The van der Waals surface area contributed by atoms with E-state index in [0.29, 0.717) is 22.6 Å². The van der Waals surface area contributed by atoms with Crippen molar-refractivity contribution < 1.29 is 18.7 Å². The van der Waals surface area contributed by atoms with Gasteiger partial charge in [-0.3, -0.25) is 9.36 Å². The number of hydrogen-bond acceptors (Lipinski definition) is 6. The van der Waals surface area contributed by atoms with Crippen molar-refractivity contribution >= 4 is 28.3 Å². The van der Waals surface area contributed by atoms with Gasteiger partial charge in [-0.15, -0.1) is 11.3 Å². The predicted octanol–water partition coefficient (Wildman–Crippen LogP) is 2.77. The first-order valence-corrected chi connectivity index (χ1v) is 9.16. The molecule has 3 aromatic heterocycles. The molecule has 2 N–H and O–H groups in total. The van der Waals surface area contributed by atoms with Gasteiger partial charge in [-0.25, -0.2) is 4.79 Å². The zero-order valence-electron chi connectivity index (χ0n) is 14.1. The Hall–Kier alpha value is -3.10. The number of carbonyl (C=O) groups excluding carboxylic acids is 1. The summed E-state index contributed by atoms with van der Waals surface area (Å²) in [4.78, 5) is 25.0. The van der Waals surface area contributed by atoms with Crippen LogP contribution < -0.4 is 11.1 Å². The summed E-state index contributed by atoms with van der Waals surface area (Å²) in [5, 5.41) is 14.8. The fourth-order valence-electron chi connectivity index (χ4n) is 2.76. The molecule has 0 radical (unpaired) electrons. The summed E-state index contributed by atoms with van der Waals surface area (Å²) in [6, 6.07) is 14.2. The molecule has 1 amide bonds. The number of fused-ring (bicyclic) bond motifs is 1. The van der Waals surface area contributed by atoms with Crippen LogP contribution in [0.5, 0.6) is 0 Å². The largest absolute Gasteiger partial charge is 0.457 e. The van der Waals surface area contributed by atoms with Crippen molar-refractivity contribution in [2.24, 2.45) is 0 Å². The first kappa shape index (κ1) is 17.3. The van der Waals surface area contributed by atoms with Gasteiger partial charge in [-0.1, -0.05) is 18.2 Å². The van der Waals surface area contributed by atoms with Crippen LogP contribution in [0.3, 0.4) is 0 Å². The summed E-state index contributed by atoms with van der Waals surface area (Å²) in [6.07, 6.45) is -0.986. The molecule has 27 heavy (non-hydrogen) atoms. The lowest BCUT2D eigenvalue weighted by molar-refractivity contribution is -0.122. The third kappa shape index (κ3) is 3.57.